The first-order valence-corrected chi connectivity index (χ1v) is 6.05. The first kappa shape index (κ1) is 11.5. The number of hydrogen-bond acceptors (Lipinski definition) is 2. The van der Waals surface area contributed by atoms with Crippen molar-refractivity contribution in [1.82, 2.24) is 20.1 Å². The van der Waals surface area contributed by atoms with Crippen LogP contribution in [-0.4, -0.2) is 33.0 Å². The molecule has 0 atom stereocenters. The number of carbonyl (C=O) groups excluding carboxylic acids is 1. The van der Waals surface area contributed by atoms with Crippen LogP contribution in [0.3, 0.4) is 0 Å². The van der Waals surface area contributed by atoms with Gasteiger partial charge in [0.05, 0.1) is 6.20 Å². The molecule has 0 saturated carbocycles. The summed E-state index contributed by atoms with van der Waals surface area (Å²) < 4.78 is 0. The van der Waals surface area contributed by atoms with Gasteiger partial charge >= 0.3 is 0 Å². The minimum absolute atomic E-state index is 0.00593. The fourth-order valence-corrected chi connectivity index (χ4v) is 2.19. The summed E-state index contributed by atoms with van der Waals surface area (Å²) in [5.41, 5.74) is 2.67. The summed E-state index contributed by atoms with van der Waals surface area (Å²) in [4.78, 5) is 17.3. The molecule has 5 heteroatoms. The van der Waals surface area contributed by atoms with Crippen molar-refractivity contribution >= 4 is 16.8 Å². The fraction of sp³-hybridized carbons (Fsp3) is 0.143. The van der Waals surface area contributed by atoms with Crippen LogP contribution in [0.2, 0.25) is 0 Å². The number of aromatic nitrogens is 3. The lowest BCUT2D eigenvalue weighted by atomic mass is 10.1. The maximum atomic E-state index is 12.5. The van der Waals surface area contributed by atoms with Crippen LogP contribution in [0.5, 0.6) is 0 Å². The van der Waals surface area contributed by atoms with Gasteiger partial charge < -0.3 is 9.88 Å². The molecule has 0 fully saturated rings. The standard InChI is InChI=1S/C14H14N4O/c1-18(9-10-7-16-17-8-10)14(19)12-3-2-4-13-11(12)5-6-15-13/h2-8,15H,9H2,1H3,(H,16,17). The highest BCUT2D eigenvalue weighted by molar-refractivity contribution is 6.06. The van der Waals surface area contributed by atoms with Crippen molar-refractivity contribution in [3.8, 4) is 0 Å². The highest BCUT2D eigenvalue weighted by Crippen LogP contribution is 2.19. The van der Waals surface area contributed by atoms with Crippen LogP contribution in [0.1, 0.15) is 15.9 Å². The number of aromatic amines is 2. The van der Waals surface area contributed by atoms with E-state index in [-0.39, 0.29) is 5.91 Å². The normalized spacial score (nSPS) is 10.8. The Labute approximate surface area is 110 Å². The van der Waals surface area contributed by atoms with E-state index < -0.39 is 0 Å². The van der Waals surface area contributed by atoms with Crippen LogP contribution in [0, 0.1) is 0 Å². The van der Waals surface area contributed by atoms with E-state index in [0.29, 0.717) is 12.1 Å². The van der Waals surface area contributed by atoms with Crippen molar-refractivity contribution < 1.29 is 4.79 Å². The van der Waals surface area contributed by atoms with Crippen molar-refractivity contribution in [3.05, 3.63) is 54.0 Å². The van der Waals surface area contributed by atoms with Crippen molar-refractivity contribution in [2.45, 2.75) is 6.54 Å². The quantitative estimate of drug-likeness (QED) is 0.752. The lowest BCUT2D eigenvalue weighted by Gasteiger charge is -2.16. The van der Waals surface area contributed by atoms with Gasteiger partial charge in [0.15, 0.2) is 0 Å². The van der Waals surface area contributed by atoms with Crippen molar-refractivity contribution in [3.63, 3.8) is 0 Å². The minimum Gasteiger partial charge on any atom is -0.361 e. The summed E-state index contributed by atoms with van der Waals surface area (Å²) >= 11 is 0. The van der Waals surface area contributed by atoms with Crippen molar-refractivity contribution in [1.29, 1.82) is 0 Å². The summed E-state index contributed by atoms with van der Waals surface area (Å²) in [7, 11) is 1.79. The fourth-order valence-electron chi connectivity index (χ4n) is 2.19. The molecule has 0 aliphatic heterocycles. The molecule has 0 aliphatic rings. The molecule has 5 nitrogen and oxygen atoms in total. The Hall–Kier alpha value is -2.56. The van der Waals surface area contributed by atoms with E-state index in [1.54, 1.807) is 24.3 Å². The van der Waals surface area contributed by atoms with E-state index in [1.165, 1.54) is 0 Å². The van der Waals surface area contributed by atoms with Gasteiger partial charge in [-0.25, -0.2) is 0 Å². The van der Waals surface area contributed by atoms with E-state index in [4.69, 9.17) is 0 Å². The molecule has 19 heavy (non-hydrogen) atoms. The molecule has 0 aliphatic carbocycles. The lowest BCUT2D eigenvalue weighted by molar-refractivity contribution is 0.0787. The zero-order valence-electron chi connectivity index (χ0n) is 10.6. The number of nitrogens with zero attached hydrogens (tertiary/aromatic N) is 2. The predicted octanol–water partition coefficient (Wildman–Crippen LogP) is 2.16. The van der Waals surface area contributed by atoms with Gasteiger partial charge in [-0.2, -0.15) is 5.10 Å². The zero-order chi connectivity index (χ0) is 13.2. The molecular weight excluding hydrogens is 240 g/mol. The molecule has 0 spiro atoms. The Morgan fingerprint density at radius 3 is 3.05 bits per heavy atom. The van der Waals surface area contributed by atoms with Gasteiger partial charge in [0, 0.05) is 48.0 Å². The summed E-state index contributed by atoms with van der Waals surface area (Å²) in [6.45, 7) is 0.538. The van der Waals surface area contributed by atoms with Gasteiger partial charge in [-0.3, -0.25) is 9.89 Å². The van der Waals surface area contributed by atoms with Crippen LogP contribution in [0.15, 0.2) is 42.9 Å². The molecule has 2 N–H and O–H groups in total. The van der Waals surface area contributed by atoms with Crippen molar-refractivity contribution in [2.24, 2.45) is 0 Å². The number of nitrogens with one attached hydrogen (secondary N) is 2. The molecule has 1 aromatic carbocycles. The molecule has 0 unspecified atom stereocenters. The first-order valence-electron chi connectivity index (χ1n) is 6.05. The summed E-state index contributed by atoms with van der Waals surface area (Å²) in [6.07, 6.45) is 5.36. The molecule has 0 saturated heterocycles. The molecule has 2 aromatic heterocycles. The number of carbonyl (C=O) groups is 1. The second kappa shape index (κ2) is 4.61. The van der Waals surface area contributed by atoms with Crippen LogP contribution < -0.4 is 0 Å². The number of benzene rings is 1. The number of hydrogen-bond donors (Lipinski definition) is 2. The Kier molecular flexibility index (Phi) is 2.79. The Morgan fingerprint density at radius 1 is 1.37 bits per heavy atom. The molecule has 1 amide bonds. The average Bonchev–Trinajstić information content (AvgIpc) is 3.07. The van der Waals surface area contributed by atoms with E-state index in [2.05, 4.69) is 15.2 Å². The highest BCUT2D eigenvalue weighted by Gasteiger charge is 2.15. The third-order valence-electron chi connectivity index (χ3n) is 3.15. The molecular formula is C14H14N4O. The van der Waals surface area contributed by atoms with Gasteiger partial charge in [-0.1, -0.05) is 6.07 Å². The second-order valence-electron chi connectivity index (χ2n) is 4.51. The van der Waals surface area contributed by atoms with Gasteiger partial charge in [-0.05, 0) is 18.2 Å². The SMILES string of the molecule is CN(Cc1cn[nH]c1)C(=O)c1cccc2[nH]ccc12. The van der Waals surface area contributed by atoms with Crippen LogP contribution in [-0.2, 0) is 6.54 Å². The topological polar surface area (TPSA) is 64.8 Å². The number of fused-ring (bicyclic) bond motifs is 1. The number of H-pyrrole nitrogens is 2. The minimum atomic E-state index is 0.00593. The largest absolute Gasteiger partial charge is 0.361 e. The molecule has 2 heterocycles. The Bertz CT molecular complexity index is 699. The molecule has 96 valence electrons. The van der Waals surface area contributed by atoms with E-state index in [0.717, 1.165) is 16.5 Å². The van der Waals surface area contributed by atoms with E-state index >= 15 is 0 Å². The lowest BCUT2D eigenvalue weighted by Crippen LogP contribution is -2.26. The molecule has 0 bridgehead atoms. The second-order valence-corrected chi connectivity index (χ2v) is 4.51. The maximum Gasteiger partial charge on any atom is 0.254 e. The smallest absolute Gasteiger partial charge is 0.254 e. The average molecular weight is 254 g/mol. The summed E-state index contributed by atoms with van der Waals surface area (Å²) in [5.74, 6) is 0.00593. The van der Waals surface area contributed by atoms with Gasteiger partial charge in [0.25, 0.3) is 5.91 Å². The zero-order valence-corrected chi connectivity index (χ0v) is 10.6. The summed E-state index contributed by atoms with van der Waals surface area (Å²) in [6, 6.07) is 7.62. The van der Waals surface area contributed by atoms with Crippen molar-refractivity contribution in [2.75, 3.05) is 7.05 Å². The Balaban J connectivity index is 1.89. The third-order valence-corrected chi connectivity index (χ3v) is 3.15. The highest BCUT2D eigenvalue weighted by atomic mass is 16.2. The van der Waals surface area contributed by atoms with Crippen LogP contribution in [0.25, 0.3) is 10.9 Å². The number of amides is 1. The first-order chi connectivity index (χ1) is 9.25. The molecule has 3 aromatic rings. The Morgan fingerprint density at radius 2 is 2.26 bits per heavy atom. The van der Waals surface area contributed by atoms with Gasteiger partial charge in [0.2, 0.25) is 0 Å². The number of rotatable bonds is 3. The monoisotopic (exact) mass is 254 g/mol. The van der Waals surface area contributed by atoms with Crippen LogP contribution >= 0.6 is 0 Å². The third kappa shape index (κ3) is 2.10. The molecule has 3 rings (SSSR count). The maximum absolute atomic E-state index is 12.5. The van der Waals surface area contributed by atoms with Gasteiger partial charge in [0.1, 0.15) is 0 Å². The van der Waals surface area contributed by atoms with E-state index in [9.17, 15) is 4.79 Å². The van der Waals surface area contributed by atoms with Crippen LogP contribution in [0.4, 0.5) is 0 Å². The predicted molar refractivity (Wildman–Crippen MR) is 72.7 cm³/mol. The molecule has 0 radical (unpaired) electrons. The summed E-state index contributed by atoms with van der Waals surface area (Å²) in [5, 5.41) is 7.58. The van der Waals surface area contributed by atoms with Gasteiger partial charge in [-0.15, -0.1) is 0 Å². The van der Waals surface area contributed by atoms with E-state index in [1.807, 2.05) is 30.5 Å².